The van der Waals surface area contributed by atoms with Gasteiger partial charge in [0.05, 0.1) is 0 Å². The number of likely N-dealkylation sites (tertiary alicyclic amines) is 1. The van der Waals surface area contributed by atoms with Crippen LogP contribution in [0.15, 0.2) is 4.99 Å². The van der Waals surface area contributed by atoms with E-state index in [1.54, 1.807) is 0 Å². The van der Waals surface area contributed by atoms with Gasteiger partial charge in [-0.3, -0.25) is 4.99 Å². The van der Waals surface area contributed by atoms with Crippen molar-refractivity contribution in [2.24, 2.45) is 4.99 Å². The molecule has 0 spiro atoms. The molecule has 0 atom stereocenters. The van der Waals surface area contributed by atoms with Crippen LogP contribution in [0, 0.1) is 0 Å². The summed E-state index contributed by atoms with van der Waals surface area (Å²) in [5, 5.41) is 4.63. The quantitative estimate of drug-likeness (QED) is 0.375. The second-order valence-corrected chi connectivity index (χ2v) is 7.78. The Kier molecular flexibility index (Phi) is 10.1. The molecule has 0 radical (unpaired) electrons. The number of anilines is 1. The number of piperazine rings is 1. The van der Waals surface area contributed by atoms with Crippen LogP contribution in [0.1, 0.15) is 38.4 Å². The highest BCUT2D eigenvalue weighted by Crippen LogP contribution is 2.19. The first-order chi connectivity index (χ1) is 12.8. The van der Waals surface area contributed by atoms with E-state index in [2.05, 4.69) is 41.3 Å². The number of aliphatic imine (C=N–C) groups is 1. The fraction of sp³-hybridized carbons (Fsp3) is 0.833. The second-order valence-electron chi connectivity index (χ2n) is 7.05. The molecule has 1 N–H and O–H groups in total. The summed E-state index contributed by atoms with van der Waals surface area (Å²) in [6.45, 7) is 10.6. The van der Waals surface area contributed by atoms with E-state index in [0.29, 0.717) is 0 Å². The Hall–Kier alpha value is -0.680. The molecule has 2 aliphatic heterocycles. The third-order valence-electron chi connectivity index (χ3n) is 5.24. The van der Waals surface area contributed by atoms with Crippen LogP contribution in [-0.4, -0.2) is 84.5 Å². The Bertz CT molecular complexity index is 564. The van der Waals surface area contributed by atoms with Gasteiger partial charge in [0.25, 0.3) is 0 Å². The molecule has 2 saturated heterocycles. The lowest BCUT2D eigenvalue weighted by atomic mass is 10.2. The topological polar surface area (TPSA) is 59.9 Å². The van der Waals surface area contributed by atoms with Crippen molar-refractivity contribution in [3.05, 3.63) is 5.82 Å². The Morgan fingerprint density at radius 3 is 2.37 bits per heavy atom. The average Bonchev–Trinajstić information content (AvgIpc) is 3.02. The van der Waals surface area contributed by atoms with E-state index < -0.39 is 0 Å². The zero-order valence-electron chi connectivity index (χ0n) is 16.7. The van der Waals surface area contributed by atoms with Gasteiger partial charge >= 0.3 is 0 Å². The molecule has 0 saturated carbocycles. The van der Waals surface area contributed by atoms with Gasteiger partial charge in [-0.1, -0.05) is 19.8 Å². The molecule has 3 heterocycles. The third-order valence-corrected chi connectivity index (χ3v) is 6.06. The van der Waals surface area contributed by atoms with Gasteiger partial charge in [-0.15, -0.1) is 24.0 Å². The number of nitrogens with one attached hydrogen (secondary N) is 1. The summed E-state index contributed by atoms with van der Waals surface area (Å²) in [5.74, 6) is 1.99. The highest BCUT2D eigenvalue weighted by atomic mass is 127. The Morgan fingerprint density at radius 1 is 1.07 bits per heavy atom. The van der Waals surface area contributed by atoms with Crippen LogP contribution < -0.4 is 10.2 Å². The number of guanidine groups is 1. The molecule has 0 unspecified atom stereocenters. The van der Waals surface area contributed by atoms with Crippen molar-refractivity contribution < 1.29 is 0 Å². The van der Waals surface area contributed by atoms with Crippen molar-refractivity contribution >= 4 is 46.6 Å². The highest BCUT2D eigenvalue weighted by Gasteiger charge is 2.22. The van der Waals surface area contributed by atoms with E-state index >= 15 is 0 Å². The van der Waals surface area contributed by atoms with Gasteiger partial charge in [0.1, 0.15) is 5.82 Å². The number of nitrogens with zero attached hydrogens (tertiary/aromatic N) is 6. The van der Waals surface area contributed by atoms with Crippen molar-refractivity contribution in [1.29, 1.82) is 0 Å². The van der Waals surface area contributed by atoms with Gasteiger partial charge in [-0.2, -0.15) is 4.37 Å². The minimum Gasteiger partial charge on any atom is -0.355 e. The molecular weight excluding hydrogens is 473 g/mol. The van der Waals surface area contributed by atoms with Gasteiger partial charge < -0.3 is 20.0 Å². The van der Waals surface area contributed by atoms with E-state index in [-0.39, 0.29) is 24.0 Å². The smallest absolute Gasteiger partial charge is 0.205 e. The summed E-state index contributed by atoms with van der Waals surface area (Å²) < 4.78 is 4.41. The first kappa shape index (κ1) is 22.6. The lowest BCUT2D eigenvalue weighted by Crippen LogP contribution is -2.53. The van der Waals surface area contributed by atoms with Crippen molar-refractivity contribution in [1.82, 2.24) is 24.5 Å². The molecule has 0 aromatic carbocycles. The van der Waals surface area contributed by atoms with Crippen molar-refractivity contribution in [3.63, 3.8) is 0 Å². The first-order valence-corrected chi connectivity index (χ1v) is 10.8. The van der Waals surface area contributed by atoms with Crippen LogP contribution in [0.2, 0.25) is 0 Å². The zero-order valence-corrected chi connectivity index (χ0v) is 19.8. The molecule has 1 aromatic heterocycles. The van der Waals surface area contributed by atoms with E-state index in [4.69, 9.17) is 0 Å². The van der Waals surface area contributed by atoms with Gasteiger partial charge in [0, 0.05) is 64.3 Å². The van der Waals surface area contributed by atoms with E-state index in [9.17, 15) is 0 Å². The fourth-order valence-corrected chi connectivity index (χ4v) is 4.45. The second kappa shape index (κ2) is 12.0. The molecule has 27 heavy (non-hydrogen) atoms. The van der Waals surface area contributed by atoms with Crippen molar-refractivity contribution in [2.45, 2.75) is 39.0 Å². The average molecular weight is 507 g/mol. The summed E-state index contributed by atoms with van der Waals surface area (Å²) in [6.07, 6.45) is 6.39. The maximum absolute atomic E-state index is 4.61. The van der Waals surface area contributed by atoms with Crippen LogP contribution in [0.5, 0.6) is 0 Å². The molecule has 0 aliphatic carbocycles. The van der Waals surface area contributed by atoms with Crippen molar-refractivity contribution in [2.75, 3.05) is 64.3 Å². The minimum absolute atomic E-state index is 0. The summed E-state index contributed by atoms with van der Waals surface area (Å²) in [7, 11) is 1.89. The number of aryl methyl sites for hydroxylation is 1. The molecule has 1 aromatic rings. The number of aromatic nitrogens is 2. The number of rotatable bonds is 5. The summed E-state index contributed by atoms with van der Waals surface area (Å²) in [4.78, 5) is 16.4. The zero-order chi connectivity index (χ0) is 18.2. The van der Waals surface area contributed by atoms with Gasteiger partial charge in [-0.25, -0.2) is 4.98 Å². The molecular formula is C18H34IN7S. The molecule has 9 heteroatoms. The largest absolute Gasteiger partial charge is 0.355 e. The van der Waals surface area contributed by atoms with Crippen LogP contribution in [0.25, 0.3) is 0 Å². The standard InChI is InChI=1S/C18H33N7S.HI/c1-3-16-21-18(26-22-16)25-14-12-24(13-15-25)17(19-2)20-8-11-23-9-6-4-5-7-10-23;/h3-15H2,1-2H3,(H,19,20);1H. The Balaban J connectivity index is 0.00000261. The number of halogens is 1. The predicted octanol–water partition coefficient (Wildman–Crippen LogP) is 2.29. The molecule has 0 bridgehead atoms. The van der Waals surface area contributed by atoms with E-state index in [1.165, 1.54) is 50.3 Å². The molecule has 0 amide bonds. The minimum atomic E-state index is 0. The number of hydrogen-bond acceptors (Lipinski definition) is 6. The van der Waals surface area contributed by atoms with Gasteiger partial charge in [-0.05, 0) is 25.9 Å². The lowest BCUT2D eigenvalue weighted by Gasteiger charge is -2.36. The summed E-state index contributed by atoms with van der Waals surface area (Å²) in [6, 6.07) is 0. The Morgan fingerprint density at radius 2 is 1.78 bits per heavy atom. The molecule has 2 fully saturated rings. The molecule has 3 rings (SSSR count). The maximum atomic E-state index is 4.61. The van der Waals surface area contributed by atoms with Crippen LogP contribution in [0.3, 0.4) is 0 Å². The monoisotopic (exact) mass is 507 g/mol. The van der Waals surface area contributed by atoms with E-state index in [1.807, 2.05) is 7.05 Å². The Labute approximate surface area is 184 Å². The normalized spacial score (nSPS) is 19.6. The predicted molar refractivity (Wildman–Crippen MR) is 125 cm³/mol. The first-order valence-electron chi connectivity index (χ1n) is 10.1. The van der Waals surface area contributed by atoms with Gasteiger partial charge in [0.2, 0.25) is 5.13 Å². The number of hydrogen-bond donors (Lipinski definition) is 1. The fourth-order valence-electron chi connectivity index (χ4n) is 3.64. The summed E-state index contributed by atoms with van der Waals surface area (Å²) in [5.41, 5.74) is 0. The molecule has 154 valence electrons. The summed E-state index contributed by atoms with van der Waals surface area (Å²) >= 11 is 1.52. The maximum Gasteiger partial charge on any atom is 0.205 e. The van der Waals surface area contributed by atoms with Crippen LogP contribution in [0.4, 0.5) is 5.13 Å². The highest BCUT2D eigenvalue weighted by molar-refractivity contribution is 14.0. The van der Waals surface area contributed by atoms with Crippen LogP contribution in [-0.2, 0) is 6.42 Å². The van der Waals surface area contributed by atoms with Crippen LogP contribution >= 0.6 is 35.5 Å². The van der Waals surface area contributed by atoms with Crippen molar-refractivity contribution in [3.8, 4) is 0 Å². The molecule has 2 aliphatic rings. The lowest BCUT2D eigenvalue weighted by molar-refractivity contribution is 0.286. The third kappa shape index (κ3) is 6.70. The SMILES string of the molecule is CCc1nsc(N2CCN(C(=NC)NCCN3CCCCCC3)CC2)n1.I. The molecule has 7 nitrogen and oxygen atoms in total. The van der Waals surface area contributed by atoms with E-state index in [0.717, 1.165) is 62.6 Å². The van der Waals surface area contributed by atoms with Gasteiger partial charge in [0.15, 0.2) is 5.96 Å².